The summed E-state index contributed by atoms with van der Waals surface area (Å²) in [5.74, 6) is 0.756. The number of H-pyrrole nitrogens is 1. The third kappa shape index (κ3) is 4.67. The molecule has 11 heteroatoms. The quantitative estimate of drug-likeness (QED) is 0.158. The van der Waals surface area contributed by atoms with Crippen LogP contribution in [0.25, 0.3) is 33.6 Å². The first-order valence-corrected chi connectivity index (χ1v) is 13.1. The summed E-state index contributed by atoms with van der Waals surface area (Å²) >= 11 is 10.3. The molecule has 0 bridgehead atoms. The lowest BCUT2D eigenvalue weighted by Gasteiger charge is -2.15. The van der Waals surface area contributed by atoms with Gasteiger partial charge in [0.15, 0.2) is 16.7 Å². The first-order valence-electron chi connectivity index (χ1n) is 12.0. The number of carbonyl (C=O) groups is 1. The average Bonchev–Trinajstić information content (AvgIpc) is 3.62. The number of fused-ring (bicyclic) bond motifs is 1. The highest BCUT2D eigenvalue weighted by molar-refractivity contribution is 9.10. The van der Waals surface area contributed by atoms with E-state index in [4.69, 9.17) is 20.8 Å². The van der Waals surface area contributed by atoms with Crippen molar-refractivity contribution in [1.29, 1.82) is 0 Å². The summed E-state index contributed by atoms with van der Waals surface area (Å²) in [5, 5.41) is 14.6. The smallest absolute Gasteiger partial charge is 0.358 e. The van der Waals surface area contributed by atoms with Crippen LogP contribution in [-0.4, -0.2) is 42.8 Å². The van der Waals surface area contributed by atoms with E-state index in [-0.39, 0.29) is 10.8 Å². The molecule has 5 rings (SSSR count). The van der Waals surface area contributed by atoms with Gasteiger partial charge in [-0.2, -0.15) is 0 Å². The SMILES string of the molecule is CCCCOC(=O)c1c(Cl)nc(CC)n1Cc1c2ccocc-2c(Br)c1-c1ccccc1-c1nnn[nH]1. The molecule has 2 aliphatic rings. The summed E-state index contributed by atoms with van der Waals surface area (Å²) in [6, 6.07) is 9.78. The molecule has 0 amide bonds. The van der Waals surface area contributed by atoms with Crippen LogP contribution >= 0.6 is 27.5 Å². The number of unbranched alkanes of at least 4 members (excludes halogenated alkanes) is 1. The second-order valence-corrected chi connectivity index (χ2v) is 9.59. The van der Waals surface area contributed by atoms with Gasteiger partial charge in [0.2, 0.25) is 0 Å². The second-order valence-electron chi connectivity index (χ2n) is 8.44. The van der Waals surface area contributed by atoms with Gasteiger partial charge in [-0.05, 0) is 55.5 Å². The second kappa shape index (κ2) is 10.9. The summed E-state index contributed by atoms with van der Waals surface area (Å²) in [6.07, 6.45) is 5.62. The predicted molar refractivity (Wildman–Crippen MR) is 143 cm³/mol. The minimum atomic E-state index is -0.481. The van der Waals surface area contributed by atoms with Gasteiger partial charge in [-0.3, -0.25) is 0 Å². The number of aryl methyl sites for hydroxylation is 1. The lowest BCUT2D eigenvalue weighted by atomic mass is 9.97. The largest absolute Gasteiger partial charge is 0.472 e. The van der Waals surface area contributed by atoms with E-state index >= 15 is 0 Å². The van der Waals surface area contributed by atoms with Crippen molar-refractivity contribution in [2.24, 2.45) is 0 Å². The van der Waals surface area contributed by atoms with Crippen molar-refractivity contribution < 1.29 is 13.9 Å². The van der Waals surface area contributed by atoms with Gasteiger partial charge in [-0.25, -0.2) is 14.9 Å². The van der Waals surface area contributed by atoms with Gasteiger partial charge in [0.1, 0.15) is 5.82 Å². The van der Waals surface area contributed by atoms with Crippen LogP contribution in [0.4, 0.5) is 0 Å². The number of hydrogen-bond donors (Lipinski definition) is 1. The number of esters is 1. The van der Waals surface area contributed by atoms with Crippen LogP contribution in [0.15, 0.2) is 51.7 Å². The number of ether oxygens (including phenoxy) is 1. The summed E-state index contributed by atoms with van der Waals surface area (Å²) in [5.41, 5.74) is 5.75. The summed E-state index contributed by atoms with van der Waals surface area (Å²) < 4.78 is 13.7. The number of nitrogens with one attached hydrogen (secondary N) is 1. The van der Waals surface area contributed by atoms with Crippen LogP contribution in [0.2, 0.25) is 5.15 Å². The monoisotopic (exact) mass is 582 g/mol. The van der Waals surface area contributed by atoms with Crippen LogP contribution in [0.5, 0.6) is 0 Å². The Morgan fingerprint density at radius 1 is 1.16 bits per heavy atom. The van der Waals surface area contributed by atoms with Crippen LogP contribution in [0.1, 0.15) is 48.6 Å². The minimum Gasteiger partial charge on any atom is -0.472 e. The van der Waals surface area contributed by atoms with Gasteiger partial charge >= 0.3 is 5.97 Å². The average molecular weight is 584 g/mol. The third-order valence-corrected chi connectivity index (χ3v) is 7.32. The molecule has 1 aliphatic heterocycles. The molecule has 1 aromatic carbocycles. The molecule has 2 aromatic heterocycles. The molecule has 3 aromatic rings. The van der Waals surface area contributed by atoms with Crippen LogP contribution < -0.4 is 0 Å². The highest BCUT2D eigenvalue weighted by Crippen LogP contribution is 2.48. The number of aromatic nitrogens is 6. The van der Waals surface area contributed by atoms with E-state index in [9.17, 15) is 4.79 Å². The molecule has 1 aliphatic carbocycles. The van der Waals surface area contributed by atoms with Gasteiger partial charge < -0.3 is 13.7 Å². The van der Waals surface area contributed by atoms with Gasteiger partial charge in [0.05, 0.1) is 25.7 Å². The van der Waals surface area contributed by atoms with Crippen LogP contribution in [0.3, 0.4) is 0 Å². The standard InChI is InChI=1S/C26H24BrClN6O3/c1-3-5-11-37-26(35)23-24(28)29-20(4-2)34(23)13-18-15-10-12-36-14-19(15)22(27)21(18)16-8-6-7-9-17(16)25-30-32-33-31-25/h6-10,12,14H,3-5,11,13H2,1-2H3,(H,30,31,32,33). The number of nitrogens with zero attached hydrogens (tertiary/aromatic N) is 5. The molecular formula is C26H24BrClN6O3. The maximum Gasteiger partial charge on any atom is 0.358 e. The zero-order chi connectivity index (χ0) is 25.9. The minimum absolute atomic E-state index is 0.137. The summed E-state index contributed by atoms with van der Waals surface area (Å²) in [4.78, 5) is 17.6. The normalized spacial score (nSPS) is 11.4. The zero-order valence-corrected chi connectivity index (χ0v) is 22.6. The van der Waals surface area contributed by atoms with Crippen molar-refractivity contribution in [3.8, 4) is 33.6 Å². The van der Waals surface area contributed by atoms with Gasteiger partial charge in [-0.1, -0.05) is 56.1 Å². The Morgan fingerprint density at radius 2 is 1.97 bits per heavy atom. The number of aromatic amines is 1. The van der Waals surface area contributed by atoms with Gasteiger partial charge in [0, 0.05) is 27.6 Å². The van der Waals surface area contributed by atoms with Crippen molar-refractivity contribution in [3.63, 3.8) is 0 Å². The van der Waals surface area contributed by atoms with E-state index in [0.717, 1.165) is 50.7 Å². The number of halogens is 2. The van der Waals surface area contributed by atoms with Crippen molar-refractivity contribution >= 4 is 33.5 Å². The molecule has 0 saturated heterocycles. The Morgan fingerprint density at radius 3 is 2.70 bits per heavy atom. The third-order valence-electron chi connectivity index (χ3n) is 6.23. The topological polar surface area (TPSA) is 112 Å². The van der Waals surface area contributed by atoms with E-state index in [0.29, 0.717) is 31.2 Å². The van der Waals surface area contributed by atoms with Crippen LogP contribution in [-0.2, 0) is 17.7 Å². The molecule has 0 unspecified atom stereocenters. The lowest BCUT2D eigenvalue weighted by molar-refractivity contribution is 0.0487. The predicted octanol–water partition coefficient (Wildman–Crippen LogP) is 6.41. The lowest BCUT2D eigenvalue weighted by Crippen LogP contribution is -2.16. The number of tetrazole rings is 1. The van der Waals surface area contributed by atoms with E-state index in [1.807, 2.05) is 48.7 Å². The number of benzene rings is 1. The van der Waals surface area contributed by atoms with Crippen molar-refractivity contribution in [3.05, 3.63) is 69.6 Å². The fourth-order valence-electron chi connectivity index (χ4n) is 4.47. The molecule has 0 spiro atoms. The zero-order valence-electron chi connectivity index (χ0n) is 20.3. The molecule has 37 heavy (non-hydrogen) atoms. The van der Waals surface area contributed by atoms with Crippen LogP contribution in [0, 0.1) is 0 Å². The Kier molecular flexibility index (Phi) is 7.38. The Balaban J connectivity index is 1.70. The first-order chi connectivity index (χ1) is 18.0. The molecule has 0 fully saturated rings. The Hall–Kier alpha value is -3.50. The number of hydrogen-bond acceptors (Lipinski definition) is 7. The fourth-order valence-corrected chi connectivity index (χ4v) is 5.50. The molecule has 190 valence electrons. The van der Waals surface area contributed by atoms with E-state index in [2.05, 4.69) is 41.5 Å². The molecule has 1 N–H and O–H groups in total. The number of carbonyl (C=O) groups excluding carboxylic acids is 1. The molecule has 3 heterocycles. The van der Waals surface area contributed by atoms with Gasteiger partial charge in [-0.15, -0.1) is 5.10 Å². The molecular weight excluding hydrogens is 560 g/mol. The Labute approximate surface area is 226 Å². The van der Waals surface area contributed by atoms with Crippen molar-refractivity contribution in [2.45, 2.75) is 39.7 Å². The molecule has 9 nitrogen and oxygen atoms in total. The molecule has 0 atom stereocenters. The van der Waals surface area contributed by atoms with E-state index < -0.39 is 5.97 Å². The summed E-state index contributed by atoms with van der Waals surface area (Å²) in [6.45, 7) is 4.69. The molecule has 0 saturated carbocycles. The van der Waals surface area contributed by atoms with E-state index in [1.165, 1.54) is 0 Å². The fraction of sp³-hybridized carbons (Fsp3) is 0.269. The Bertz CT molecular complexity index is 1510. The maximum atomic E-state index is 13.1. The summed E-state index contributed by atoms with van der Waals surface area (Å²) in [7, 11) is 0. The van der Waals surface area contributed by atoms with Gasteiger partial charge in [0.25, 0.3) is 0 Å². The van der Waals surface area contributed by atoms with Crippen molar-refractivity contribution in [2.75, 3.05) is 6.61 Å². The maximum absolute atomic E-state index is 13.1. The van der Waals surface area contributed by atoms with E-state index in [1.54, 1.807) is 12.5 Å². The first kappa shape index (κ1) is 25.2. The highest BCUT2D eigenvalue weighted by Gasteiger charge is 2.29. The molecule has 0 radical (unpaired) electrons. The highest BCUT2D eigenvalue weighted by atomic mass is 79.9. The number of imidazole rings is 1. The van der Waals surface area contributed by atoms with Crippen molar-refractivity contribution in [1.82, 2.24) is 30.2 Å². The number of rotatable bonds is 9.